The molecule has 0 aliphatic carbocycles. The summed E-state index contributed by atoms with van der Waals surface area (Å²) in [6.45, 7) is 3.77. The zero-order chi connectivity index (χ0) is 22.0. The molecule has 6 rings (SSSR count). The Labute approximate surface area is 200 Å². The third-order valence-electron chi connectivity index (χ3n) is 5.90. The van der Waals surface area contributed by atoms with E-state index in [0.717, 1.165) is 65.2 Å². The van der Waals surface area contributed by atoms with Crippen LogP contribution >= 0.6 is 22.7 Å². The van der Waals surface area contributed by atoms with Gasteiger partial charge in [-0.1, -0.05) is 30.3 Å². The highest BCUT2D eigenvalue weighted by Gasteiger charge is 2.23. The smallest absolute Gasteiger partial charge is 0.185 e. The molecule has 1 fully saturated rings. The van der Waals surface area contributed by atoms with Gasteiger partial charge >= 0.3 is 0 Å². The van der Waals surface area contributed by atoms with Gasteiger partial charge in [-0.15, -0.1) is 22.7 Å². The molecular weight excluding hydrogens is 448 g/mol. The summed E-state index contributed by atoms with van der Waals surface area (Å²) in [7, 11) is 0. The van der Waals surface area contributed by atoms with E-state index in [9.17, 15) is 0 Å². The number of benzene rings is 1. The standard InChI is InChI=1S/C25H22N6S2/c1-2-6-18(7-3-1)20-17-33-24-21(20)23(28-22(29-24)19-8-4-9-26-16-19)30-11-5-12-31(14-13-30)25-27-10-15-32-25/h1-4,6-10,15-17H,5,11-14H2. The maximum atomic E-state index is 5.13. The summed E-state index contributed by atoms with van der Waals surface area (Å²) in [6, 6.07) is 14.5. The Morgan fingerprint density at radius 2 is 1.64 bits per heavy atom. The van der Waals surface area contributed by atoms with Gasteiger partial charge in [-0.3, -0.25) is 4.98 Å². The Kier molecular flexibility index (Phi) is 5.45. The minimum atomic E-state index is 0.730. The molecule has 1 saturated heterocycles. The van der Waals surface area contributed by atoms with Gasteiger partial charge < -0.3 is 9.80 Å². The topological polar surface area (TPSA) is 58.0 Å². The quantitative estimate of drug-likeness (QED) is 0.341. The number of thiophene rings is 1. The average molecular weight is 471 g/mol. The second kappa shape index (κ2) is 8.88. The molecule has 0 amide bonds. The fraction of sp³-hybridized carbons (Fsp3) is 0.200. The van der Waals surface area contributed by atoms with Gasteiger partial charge in [0.1, 0.15) is 10.6 Å². The van der Waals surface area contributed by atoms with Crippen molar-refractivity contribution in [3.63, 3.8) is 0 Å². The molecule has 164 valence electrons. The lowest BCUT2D eigenvalue weighted by Crippen LogP contribution is -2.31. The van der Waals surface area contributed by atoms with Crippen molar-refractivity contribution in [1.29, 1.82) is 0 Å². The summed E-state index contributed by atoms with van der Waals surface area (Å²) in [4.78, 5) is 24.7. The van der Waals surface area contributed by atoms with Crippen LogP contribution in [0.5, 0.6) is 0 Å². The van der Waals surface area contributed by atoms with Crippen molar-refractivity contribution in [2.45, 2.75) is 6.42 Å². The minimum Gasteiger partial charge on any atom is -0.354 e. The highest BCUT2D eigenvalue weighted by molar-refractivity contribution is 7.17. The van der Waals surface area contributed by atoms with Crippen molar-refractivity contribution in [3.05, 3.63) is 71.8 Å². The molecule has 0 saturated carbocycles. The first-order valence-electron chi connectivity index (χ1n) is 11.0. The molecular formula is C25H22N6S2. The monoisotopic (exact) mass is 470 g/mol. The first-order valence-corrected chi connectivity index (χ1v) is 12.8. The number of hydrogen-bond acceptors (Lipinski definition) is 8. The van der Waals surface area contributed by atoms with Crippen molar-refractivity contribution in [2.24, 2.45) is 0 Å². The molecule has 33 heavy (non-hydrogen) atoms. The summed E-state index contributed by atoms with van der Waals surface area (Å²) >= 11 is 3.39. The molecule has 5 aromatic rings. The molecule has 1 aromatic carbocycles. The van der Waals surface area contributed by atoms with Crippen LogP contribution in [0.2, 0.25) is 0 Å². The van der Waals surface area contributed by atoms with Crippen molar-refractivity contribution in [3.8, 4) is 22.5 Å². The second-order valence-corrected chi connectivity index (χ2v) is 9.68. The second-order valence-electron chi connectivity index (χ2n) is 7.95. The fourth-order valence-corrected chi connectivity index (χ4v) is 5.94. The Hall–Kier alpha value is -3.36. The Morgan fingerprint density at radius 1 is 0.788 bits per heavy atom. The highest BCUT2D eigenvalue weighted by Crippen LogP contribution is 2.39. The summed E-state index contributed by atoms with van der Waals surface area (Å²) in [5, 5.41) is 6.50. The maximum Gasteiger partial charge on any atom is 0.185 e. The van der Waals surface area contributed by atoms with E-state index in [-0.39, 0.29) is 0 Å². The SMILES string of the molecule is c1ccc(-c2csc3nc(-c4cccnc4)nc(N4CCCN(c5nccs5)CC4)c23)cc1. The van der Waals surface area contributed by atoms with Gasteiger partial charge in [0.05, 0.1) is 5.39 Å². The molecule has 0 spiro atoms. The first kappa shape index (κ1) is 20.3. The molecule has 0 N–H and O–H groups in total. The molecule has 4 aromatic heterocycles. The molecule has 5 heterocycles. The van der Waals surface area contributed by atoms with Crippen LogP contribution in [-0.2, 0) is 0 Å². The van der Waals surface area contributed by atoms with E-state index in [0.29, 0.717) is 0 Å². The van der Waals surface area contributed by atoms with Crippen molar-refractivity contribution in [1.82, 2.24) is 19.9 Å². The predicted octanol–water partition coefficient (Wildman–Crippen LogP) is 5.59. The number of nitrogens with zero attached hydrogens (tertiary/aromatic N) is 6. The zero-order valence-corrected chi connectivity index (χ0v) is 19.6. The fourth-order valence-electron chi connectivity index (χ4n) is 4.30. The van der Waals surface area contributed by atoms with Gasteiger partial charge in [-0.25, -0.2) is 15.0 Å². The molecule has 0 unspecified atom stereocenters. The van der Waals surface area contributed by atoms with Gasteiger partial charge in [-0.2, -0.15) is 0 Å². The third kappa shape index (κ3) is 3.96. The minimum absolute atomic E-state index is 0.730. The average Bonchev–Trinajstić information content (AvgIpc) is 3.50. The van der Waals surface area contributed by atoms with E-state index in [2.05, 4.69) is 55.5 Å². The molecule has 0 radical (unpaired) electrons. The molecule has 6 nitrogen and oxygen atoms in total. The third-order valence-corrected chi connectivity index (χ3v) is 7.61. The van der Waals surface area contributed by atoms with Crippen LogP contribution in [0.1, 0.15) is 6.42 Å². The maximum absolute atomic E-state index is 5.13. The van der Waals surface area contributed by atoms with Crippen molar-refractivity contribution < 1.29 is 0 Å². The van der Waals surface area contributed by atoms with Crippen LogP contribution in [0.25, 0.3) is 32.7 Å². The van der Waals surface area contributed by atoms with Crippen LogP contribution in [-0.4, -0.2) is 46.1 Å². The highest BCUT2D eigenvalue weighted by atomic mass is 32.1. The molecule has 0 bridgehead atoms. The van der Waals surface area contributed by atoms with Crippen LogP contribution < -0.4 is 9.80 Å². The lowest BCUT2D eigenvalue weighted by molar-refractivity contribution is 0.799. The number of aromatic nitrogens is 4. The number of rotatable bonds is 4. The normalized spacial score (nSPS) is 14.5. The first-order chi connectivity index (χ1) is 16.4. The van der Waals surface area contributed by atoms with E-state index in [1.807, 2.05) is 29.9 Å². The zero-order valence-electron chi connectivity index (χ0n) is 18.0. The Balaban J connectivity index is 1.46. The lowest BCUT2D eigenvalue weighted by atomic mass is 10.1. The largest absolute Gasteiger partial charge is 0.354 e. The number of pyridine rings is 1. The Bertz CT molecular complexity index is 1350. The lowest BCUT2D eigenvalue weighted by Gasteiger charge is -2.24. The van der Waals surface area contributed by atoms with Crippen molar-refractivity contribution in [2.75, 3.05) is 36.0 Å². The van der Waals surface area contributed by atoms with Gasteiger partial charge in [0.25, 0.3) is 0 Å². The van der Waals surface area contributed by atoms with Crippen LogP contribution in [0.4, 0.5) is 10.9 Å². The van der Waals surface area contributed by atoms with E-state index < -0.39 is 0 Å². The van der Waals surface area contributed by atoms with Gasteiger partial charge in [0.15, 0.2) is 11.0 Å². The number of fused-ring (bicyclic) bond motifs is 1. The Morgan fingerprint density at radius 3 is 2.45 bits per heavy atom. The van der Waals surface area contributed by atoms with E-state index in [1.165, 1.54) is 11.1 Å². The number of hydrogen-bond donors (Lipinski definition) is 0. The van der Waals surface area contributed by atoms with Gasteiger partial charge in [-0.05, 0) is 24.1 Å². The van der Waals surface area contributed by atoms with Gasteiger partial charge in [0.2, 0.25) is 0 Å². The summed E-state index contributed by atoms with van der Waals surface area (Å²) < 4.78 is 0. The summed E-state index contributed by atoms with van der Waals surface area (Å²) in [6.07, 6.45) is 6.55. The number of anilines is 2. The van der Waals surface area contributed by atoms with Gasteiger partial charge in [0, 0.05) is 66.7 Å². The van der Waals surface area contributed by atoms with Crippen LogP contribution in [0.15, 0.2) is 71.8 Å². The van der Waals surface area contributed by atoms with E-state index >= 15 is 0 Å². The summed E-state index contributed by atoms with van der Waals surface area (Å²) in [5.74, 6) is 1.74. The van der Waals surface area contributed by atoms with Crippen LogP contribution in [0, 0.1) is 0 Å². The van der Waals surface area contributed by atoms with Crippen LogP contribution in [0.3, 0.4) is 0 Å². The van der Waals surface area contributed by atoms with E-state index in [4.69, 9.17) is 9.97 Å². The van der Waals surface area contributed by atoms with E-state index in [1.54, 1.807) is 28.9 Å². The molecule has 1 aliphatic rings. The summed E-state index contributed by atoms with van der Waals surface area (Å²) in [5.41, 5.74) is 3.33. The molecule has 0 atom stereocenters. The van der Waals surface area contributed by atoms with Crippen molar-refractivity contribution >= 4 is 43.8 Å². The number of thiazole rings is 1. The predicted molar refractivity (Wildman–Crippen MR) is 137 cm³/mol. The molecule has 8 heteroatoms. The molecule has 1 aliphatic heterocycles.